The Morgan fingerprint density at radius 1 is 1.47 bits per heavy atom. The second-order valence-corrected chi connectivity index (χ2v) is 3.28. The fourth-order valence-electron chi connectivity index (χ4n) is 1.75. The van der Waals surface area contributed by atoms with Crippen LogP contribution in [0.2, 0.25) is 0 Å². The largest absolute Gasteiger partial charge is 0.316 e. The van der Waals surface area contributed by atoms with Crippen LogP contribution in [0.1, 0.15) is 6.92 Å². The molecule has 0 radical (unpaired) electrons. The molecule has 3 aromatic heterocycles. The zero-order valence-electron chi connectivity index (χ0n) is 8.14. The summed E-state index contributed by atoms with van der Waals surface area (Å²) in [5.41, 5.74) is 1.03. The number of aromatic amines is 1. The maximum Gasteiger partial charge on any atom is 0.280 e. The summed E-state index contributed by atoms with van der Waals surface area (Å²) in [5.74, 6) is 0.544. The molecule has 0 atom stereocenters. The molecule has 0 unspecified atom stereocenters. The third-order valence-electron chi connectivity index (χ3n) is 2.46. The molecule has 0 amide bonds. The quantitative estimate of drug-likeness (QED) is 0.622. The highest BCUT2D eigenvalue weighted by Crippen LogP contribution is 2.09. The van der Waals surface area contributed by atoms with Crippen molar-refractivity contribution in [3.63, 3.8) is 0 Å². The summed E-state index contributed by atoms with van der Waals surface area (Å²) in [7, 11) is 0. The van der Waals surface area contributed by atoms with Crippen LogP contribution < -0.4 is 5.56 Å². The van der Waals surface area contributed by atoms with Crippen LogP contribution in [0.25, 0.3) is 16.9 Å². The Kier molecular flexibility index (Phi) is 1.47. The summed E-state index contributed by atoms with van der Waals surface area (Å²) in [4.78, 5) is 22.4. The van der Waals surface area contributed by atoms with E-state index in [9.17, 15) is 4.79 Å². The highest BCUT2D eigenvalue weighted by molar-refractivity contribution is 5.72. The smallest absolute Gasteiger partial charge is 0.280 e. The molecule has 3 rings (SSSR count). The van der Waals surface area contributed by atoms with E-state index in [0.717, 1.165) is 12.2 Å². The lowest BCUT2D eigenvalue weighted by Gasteiger charge is -2.00. The summed E-state index contributed by atoms with van der Waals surface area (Å²) in [5, 5.41) is 0. The summed E-state index contributed by atoms with van der Waals surface area (Å²) in [6.07, 6.45) is 5.12. The first-order chi connectivity index (χ1) is 7.31. The molecule has 3 heterocycles. The maximum atomic E-state index is 11.6. The molecule has 15 heavy (non-hydrogen) atoms. The van der Waals surface area contributed by atoms with Crippen molar-refractivity contribution in [1.82, 2.24) is 23.9 Å². The van der Waals surface area contributed by atoms with E-state index in [2.05, 4.69) is 15.0 Å². The van der Waals surface area contributed by atoms with Gasteiger partial charge in [-0.05, 0) is 6.92 Å². The van der Waals surface area contributed by atoms with Crippen LogP contribution >= 0.6 is 0 Å². The van der Waals surface area contributed by atoms with E-state index in [1.807, 2.05) is 15.9 Å². The van der Waals surface area contributed by atoms with Gasteiger partial charge in [-0.25, -0.2) is 9.97 Å². The van der Waals surface area contributed by atoms with Crippen LogP contribution in [0.5, 0.6) is 0 Å². The van der Waals surface area contributed by atoms with Gasteiger partial charge in [0.2, 0.25) is 5.78 Å². The van der Waals surface area contributed by atoms with E-state index in [4.69, 9.17) is 0 Å². The van der Waals surface area contributed by atoms with Gasteiger partial charge in [0.15, 0.2) is 11.2 Å². The number of fused-ring (bicyclic) bond motifs is 3. The molecule has 6 heteroatoms. The molecule has 0 bridgehead atoms. The number of aromatic nitrogens is 5. The Labute approximate surface area is 84.2 Å². The molecule has 76 valence electrons. The third-order valence-corrected chi connectivity index (χ3v) is 2.46. The molecule has 0 saturated carbocycles. The molecule has 1 N–H and O–H groups in total. The number of imidazole rings is 2. The van der Waals surface area contributed by atoms with Gasteiger partial charge < -0.3 is 4.57 Å². The molecule has 6 nitrogen and oxygen atoms in total. The fraction of sp³-hybridized carbons (Fsp3) is 0.222. The Balaban J connectivity index is 2.67. The number of hydrogen-bond donors (Lipinski definition) is 1. The van der Waals surface area contributed by atoms with Gasteiger partial charge in [0.05, 0.1) is 6.33 Å². The molecule has 0 aliphatic carbocycles. The lowest BCUT2D eigenvalue weighted by molar-refractivity contribution is 0.772. The standard InChI is InChI=1S/C9H9N5O/c1-2-13-5-11-6-7(15)12-9-10-3-4-14(9)8(6)13/h3-5H,2H2,1H3,(H,10,12,15). The molecule has 0 fully saturated rings. The number of hydrogen-bond acceptors (Lipinski definition) is 3. The predicted molar refractivity (Wildman–Crippen MR) is 54.8 cm³/mol. The second kappa shape index (κ2) is 2.69. The van der Waals surface area contributed by atoms with E-state index in [1.54, 1.807) is 18.7 Å². The topological polar surface area (TPSA) is 68.0 Å². The molecule has 0 saturated heterocycles. The van der Waals surface area contributed by atoms with E-state index in [0.29, 0.717) is 11.3 Å². The summed E-state index contributed by atoms with van der Waals surface area (Å²) in [6, 6.07) is 0. The van der Waals surface area contributed by atoms with Crippen molar-refractivity contribution in [2.24, 2.45) is 0 Å². The fourth-order valence-corrected chi connectivity index (χ4v) is 1.75. The third kappa shape index (κ3) is 0.955. The zero-order chi connectivity index (χ0) is 10.4. The van der Waals surface area contributed by atoms with Crippen LogP contribution in [0, 0.1) is 0 Å². The van der Waals surface area contributed by atoms with Gasteiger partial charge in [0.25, 0.3) is 5.56 Å². The van der Waals surface area contributed by atoms with Crippen molar-refractivity contribution in [3.8, 4) is 0 Å². The van der Waals surface area contributed by atoms with Gasteiger partial charge in [0, 0.05) is 18.9 Å². The Morgan fingerprint density at radius 3 is 3.13 bits per heavy atom. The van der Waals surface area contributed by atoms with E-state index >= 15 is 0 Å². The van der Waals surface area contributed by atoms with Crippen molar-refractivity contribution in [1.29, 1.82) is 0 Å². The minimum absolute atomic E-state index is 0.198. The Hall–Kier alpha value is -2.11. The second-order valence-electron chi connectivity index (χ2n) is 3.28. The minimum atomic E-state index is -0.198. The molecule has 0 aliphatic heterocycles. The first-order valence-electron chi connectivity index (χ1n) is 4.71. The Bertz CT molecular complexity index is 689. The summed E-state index contributed by atoms with van der Waals surface area (Å²) in [6.45, 7) is 2.78. The van der Waals surface area contributed by atoms with Crippen molar-refractivity contribution in [2.75, 3.05) is 0 Å². The van der Waals surface area contributed by atoms with E-state index in [-0.39, 0.29) is 5.56 Å². The van der Waals surface area contributed by atoms with Gasteiger partial charge in [-0.1, -0.05) is 0 Å². The normalized spacial score (nSPS) is 11.5. The minimum Gasteiger partial charge on any atom is -0.316 e. The van der Waals surface area contributed by atoms with Gasteiger partial charge in [-0.2, -0.15) is 0 Å². The van der Waals surface area contributed by atoms with Crippen LogP contribution in [0.15, 0.2) is 23.5 Å². The van der Waals surface area contributed by atoms with Crippen molar-refractivity contribution >= 4 is 16.9 Å². The van der Waals surface area contributed by atoms with Crippen molar-refractivity contribution in [2.45, 2.75) is 13.5 Å². The van der Waals surface area contributed by atoms with Gasteiger partial charge in [0.1, 0.15) is 0 Å². The zero-order valence-corrected chi connectivity index (χ0v) is 8.14. The van der Waals surface area contributed by atoms with E-state index < -0.39 is 0 Å². The lowest BCUT2D eigenvalue weighted by atomic mass is 10.5. The molecule has 0 aliphatic rings. The average molecular weight is 203 g/mol. The van der Waals surface area contributed by atoms with Crippen molar-refractivity contribution in [3.05, 3.63) is 29.1 Å². The molecular formula is C9H9N5O. The van der Waals surface area contributed by atoms with Crippen LogP contribution in [0.4, 0.5) is 0 Å². The summed E-state index contributed by atoms with van der Waals surface area (Å²) >= 11 is 0. The molecule has 0 spiro atoms. The highest BCUT2D eigenvalue weighted by atomic mass is 16.1. The van der Waals surface area contributed by atoms with Crippen LogP contribution in [-0.2, 0) is 6.54 Å². The number of aryl methyl sites for hydroxylation is 1. The van der Waals surface area contributed by atoms with Crippen LogP contribution in [0.3, 0.4) is 0 Å². The lowest BCUT2D eigenvalue weighted by Crippen LogP contribution is -2.11. The first-order valence-corrected chi connectivity index (χ1v) is 4.71. The molecular weight excluding hydrogens is 194 g/mol. The predicted octanol–water partition coefficient (Wildman–Crippen LogP) is 0.392. The average Bonchev–Trinajstić information content (AvgIpc) is 2.81. The SMILES string of the molecule is CCn1cnc2c(=O)[nH]c3nccn3c21. The maximum absolute atomic E-state index is 11.6. The Morgan fingerprint density at radius 2 is 2.33 bits per heavy atom. The molecule has 0 aromatic carbocycles. The van der Waals surface area contributed by atoms with Gasteiger partial charge in [-0.15, -0.1) is 0 Å². The highest BCUT2D eigenvalue weighted by Gasteiger charge is 2.10. The molecule has 3 aromatic rings. The number of nitrogens with one attached hydrogen (secondary N) is 1. The monoisotopic (exact) mass is 203 g/mol. The van der Waals surface area contributed by atoms with Crippen LogP contribution in [-0.4, -0.2) is 23.9 Å². The van der Waals surface area contributed by atoms with Crippen molar-refractivity contribution < 1.29 is 0 Å². The number of H-pyrrole nitrogens is 1. The summed E-state index contributed by atoms with van der Waals surface area (Å²) < 4.78 is 3.74. The first kappa shape index (κ1) is 8.22. The van der Waals surface area contributed by atoms with Gasteiger partial charge >= 0.3 is 0 Å². The van der Waals surface area contributed by atoms with E-state index in [1.165, 1.54) is 0 Å². The van der Waals surface area contributed by atoms with Gasteiger partial charge in [-0.3, -0.25) is 14.2 Å². The number of rotatable bonds is 1. The number of nitrogens with zero attached hydrogens (tertiary/aromatic N) is 4.